The summed E-state index contributed by atoms with van der Waals surface area (Å²) in [5.74, 6) is -0.389. The SMILES string of the molecule is Cc1ccc(C(N)C(=O)Nc2ccc(C(=O)NCCN3CCCC3)cc2)cc1.Cl.Cl. The standard InChI is InChI=1S/C22H28N4O2.2ClH/c1-16-4-6-17(7-5-16)20(23)22(28)25-19-10-8-18(9-11-19)21(27)24-12-15-26-13-2-3-14-26;;/h4-11,20H,2-3,12-15,23H2,1H3,(H,24,27)(H,25,28);2*1H. The molecule has 8 heteroatoms. The van der Waals surface area contributed by atoms with Crippen LogP contribution in [0.4, 0.5) is 5.69 Å². The Labute approximate surface area is 190 Å². The van der Waals surface area contributed by atoms with Crippen molar-refractivity contribution in [2.24, 2.45) is 5.73 Å². The van der Waals surface area contributed by atoms with Crippen LogP contribution in [0.5, 0.6) is 0 Å². The molecule has 0 aromatic heterocycles. The highest BCUT2D eigenvalue weighted by Crippen LogP contribution is 2.15. The summed E-state index contributed by atoms with van der Waals surface area (Å²) < 4.78 is 0. The molecule has 0 spiro atoms. The van der Waals surface area contributed by atoms with Gasteiger partial charge in [-0.05, 0) is 62.7 Å². The quantitative estimate of drug-likeness (QED) is 0.601. The molecule has 1 atom stereocenters. The highest BCUT2D eigenvalue weighted by molar-refractivity contribution is 5.97. The Hall–Kier alpha value is -2.12. The molecule has 2 aromatic rings. The first-order valence-electron chi connectivity index (χ1n) is 9.76. The second kappa shape index (κ2) is 12.5. The summed E-state index contributed by atoms with van der Waals surface area (Å²) in [4.78, 5) is 27.0. The summed E-state index contributed by atoms with van der Waals surface area (Å²) in [7, 11) is 0. The second-order valence-corrected chi connectivity index (χ2v) is 7.26. The summed E-state index contributed by atoms with van der Waals surface area (Å²) in [6.07, 6.45) is 2.49. The van der Waals surface area contributed by atoms with E-state index in [9.17, 15) is 9.59 Å². The molecule has 2 amide bonds. The van der Waals surface area contributed by atoms with E-state index in [1.165, 1.54) is 12.8 Å². The average molecular weight is 453 g/mol. The first kappa shape index (κ1) is 25.9. The summed E-state index contributed by atoms with van der Waals surface area (Å²) >= 11 is 0. The number of anilines is 1. The molecule has 2 aromatic carbocycles. The third kappa shape index (κ3) is 7.29. The van der Waals surface area contributed by atoms with Crippen LogP contribution in [0.15, 0.2) is 48.5 Å². The predicted octanol–water partition coefficient (Wildman–Crippen LogP) is 3.30. The third-order valence-electron chi connectivity index (χ3n) is 5.05. The summed E-state index contributed by atoms with van der Waals surface area (Å²) in [5.41, 5.74) is 9.10. The fourth-order valence-corrected chi connectivity index (χ4v) is 3.29. The molecule has 164 valence electrons. The van der Waals surface area contributed by atoms with Gasteiger partial charge in [-0.25, -0.2) is 0 Å². The van der Waals surface area contributed by atoms with Crippen molar-refractivity contribution < 1.29 is 9.59 Å². The number of rotatable bonds is 7. The Balaban J connectivity index is 0.00000225. The van der Waals surface area contributed by atoms with Gasteiger partial charge in [0, 0.05) is 24.3 Å². The molecular formula is C22H30Cl2N4O2. The first-order valence-corrected chi connectivity index (χ1v) is 9.76. The minimum absolute atomic E-state index is 0. The number of hydrogen-bond donors (Lipinski definition) is 3. The molecule has 0 radical (unpaired) electrons. The van der Waals surface area contributed by atoms with Gasteiger partial charge in [-0.15, -0.1) is 24.8 Å². The van der Waals surface area contributed by atoms with Crippen LogP contribution in [0.1, 0.15) is 40.4 Å². The van der Waals surface area contributed by atoms with Crippen molar-refractivity contribution in [2.75, 3.05) is 31.5 Å². The van der Waals surface area contributed by atoms with Gasteiger partial charge in [0.15, 0.2) is 0 Å². The van der Waals surface area contributed by atoms with Gasteiger partial charge in [0.25, 0.3) is 5.91 Å². The van der Waals surface area contributed by atoms with Crippen molar-refractivity contribution in [1.29, 1.82) is 0 Å². The summed E-state index contributed by atoms with van der Waals surface area (Å²) in [6, 6.07) is 13.7. The Morgan fingerprint density at radius 1 is 1.00 bits per heavy atom. The number of nitrogens with one attached hydrogen (secondary N) is 2. The normalized spacial score (nSPS) is 14.2. The maximum absolute atomic E-state index is 12.4. The number of likely N-dealkylation sites (tertiary alicyclic amines) is 1. The predicted molar refractivity (Wildman–Crippen MR) is 126 cm³/mol. The van der Waals surface area contributed by atoms with Crippen molar-refractivity contribution in [3.05, 3.63) is 65.2 Å². The van der Waals surface area contributed by atoms with Gasteiger partial charge >= 0.3 is 0 Å². The lowest BCUT2D eigenvalue weighted by atomic mass is 10.1. The highest BCUT2D eigenvalue weighted by atomic mass is 35.5. The number of nitrogens with zero attached hydrogens (tertiary/aromatic N) is 1. The van der Waals surface area contributed by atoms with E-state index in [1.807, 2.05) is 31.2 Å². The van der Waals surface area contributed by atoms with E-state index in [1.54, 1.807) is 24.3 Å². The molecule has 1 aliphatic heterocycles. The maximum atomic E-state index is 12.4. The molecule has 1 fully saturated rings. The summed E-state index contributed by atoms with van der Waals surface area (Å²) in [6.45, 7) is 5.75. The number of halogens is 2. The smallest absolute Gasteiger partial charge is 0.251 e. The molecule has 3 rings (SSSR count). The van der Waals surface area contributed by atoms with E-state index in [0.717, 1.165) is 30.8 Å². The van der Waals surface area contributed by atoms with Crippen LogP contribution in [0, 0.1) is 6.92 Å². The number of amides is 2. The largest absolute Gasteiger partial charge is 0.351 e. The lowest BCUT2D eigenvalue weighted by molar-refractivity contribution is -0.117. The van der Waals surface area contributed by atoms with Crippen molar-refractivity contribution in [1.82, 2.24) is 10.2 Å². The molecule has 1 unspecified atom stereocenters. The second-order valence-electron chi connectivity index (χ2n) is 7.26. The van der Waals surface area contributed by atoms with E-state index >= 15 is 0 Å². The first-order chi connectivity index (χ1) is 13.5. The van der Waals surface area contributed by atoms with E-state index in [4.69, 9.17) is 5.73 Å². The molecule has 30 heavy (non-hydrogen) atoms. The van der Waals surface area contributed by atoms with Crippen molar-refractivity contribution in [3.8, 4) is 0 Å². The van der Waals surface area contributed by atoms with Gasteiger partial charge in [-0.1, -0.05) is 29.8 Å². The Bertz CT molecular complexity index is 807. The van der Waals surface area contributed by atoms with Gasteiger partial charge in [0.05, 0.1) is 0 Å². The molecule has 0 bridgehead atoms. The number of aryl methyl sites for hydroxylation is 1. The number of hydrogen-bond acceptors (Lipinski definition) is 4. The van der Waals surface area contributed by atoms with Crippen molar-refractivity contribution >= 4 is 42.3 Å². The van der Waals surface area contributed by atoms with Gasteiger partial charge in [-0.3, -0.25) is 9.59 Å². The molecule has 0 saturated carbocycles. The van der Waals surface area contributed by atoms with Crippen molar-refractivity contribution in [2.45, 2.75) is 25.8 Å². The molecule has 1 aliphatic rings. The van der Waals surface area contributed by atoms with Gasteiger partial charge in [0.1, 0.15) is 6.04 Å². The highest BCUT2D eigenvalue weighted by Gasteiger charge is 2.16. The summed E-state index contributed by atoms with van der Waals surface area (Å²) in [5, 5.41) is 5.74. The number of carbonyl (C=O) groups excluding carboxylic acids is 2. The van der Waals surface area contributed by atoms with Gasteiger partial charge in [0.2, 0.25) is 5.91 Å². The fraction of sp³-hybridized carbons (Fsp3) is 0.364. The Kier molecular flexibility index (Phi) is 10.8. The molecule has 6 nitrogen and oxygen atoms in total. The van der Waals surface area contributed by atoms with E-state index < -0.39 is 6.04 Å². The van der Waals surface area contributed by atoms with Gasteiger partial charge in [-0.2, -0.15) is 0 Å². The molecular weight excluding hydrogens is 423 g/mol. The average Bonchev–Trinajstić information content (AvgIpc) is 3.22. The van der Waals surface area contributed by atoms with Crippen LogP contribution in [0.2, 0.25) is 0 Å². The van der Waals surface area contributed by atoms with Crippen LogP contribution >= 0.6 is 24.8 Å². The zero-order chi connectivity index (χ0) is 19.9. The lowest BCUT2D eigenvalue weighted by Gasteiger charge is -2.15. The zero-order valence-electron chi connectivity index (χ0n) is 17.1. The minimum atomic E-state index is -0.742. The number of benzene rings is 2. The van der Waals surface area contributed by atoms with Crippen LogP contribution in [0.3, 0.4) is 0 Å². The fourth-order valence-electron chi connectivity index (χ4n) is 3.29. The van der Waals surface area contributed by atoms with E-state index in [-0.39, 0.29) is 36.6 Å². The van der Waals surface area contributed by atoms with Crippen LogP contribution < -0.4 is 16.4 Å². The van der Waals surface area contributed by atoms with Crippen molar-refractivity contribution in [3.63, 3.8) is 0 Å². The molecule has 1 heterocycles. The topological polar surface area (TPSA) is 87.5 Å². The zero-order valence-corrected chi connectivity index (χ0v) is 18.7. The number of nitrogens with two attached hydrogens (primary N) is 1. The minimum Gasteiger partial charge on any atom is -0.351 e. The van der Waals surface area contributed by atoms with E-state index in [2.05, 4.69) is 15.5 Å². The Morgan fingerprint density at radius 2 is 1.60 bits per heavy atom. The molecule has 4 N–H and O–H groups in total. The third-order valence-corrected chi connectivity index (χ3v) is 5.05. The number of carbonyl (C=O) groups is 2. The van der Waals surface area contributed by atoms with Gasteiger partial charge < -0.3 is 21.3 Å². The van der Waals surface area contributed by atoms with Crippen LogP contribution in [-0.4, -0.2) is 42.9 Å². The Morgan fingerprint density at radius 3 is 2.20 bits per heavy atom. The monoisotopic (exact) mass is 452 g/mol. The molecule has 0 aliphatic carbocycles. The van der Waals surface area contributed by atoms with E-state index in [0.29, 0.717) is 17.8 Å². The maximum Gasteiger partial charge on any atom is 0.251 e. The molecule has 1 saturated heterocycles. The van der Waals surface area contributed by atoms with Crippen LogP contribution in [-0.2, 0) is 4.79 Å². The van der Waals surface area contributed by atoms with Crippen LogP contribution in [0.25, 0.3) is 0 Å². The lowest BCUT2D eigenvalue weighted by Crippen LogP contribution is -2.33.